The molecule has 6 nitrogen and oxygen atoms in total. The summed E-state index contributed by atoms with van der Waals surface area (Å²) in [6, 6.07) is 12.6. The van der Waals surface area contributed by atoms with E-state index in [0.717, 1.165) is 17.0 Å². The van der Waals surface area contributed by atoms with E-state index in [1.165, 1.54) is 12.1 Å². The molecule has 3 aromatic rings. The Kier molecular flexibility index (Phi) is 5.98. The first-order valence-electron chi connectivity index (χ1n) is 7.82. The number of hydrogen-bond donors (Lipinski definition) is 2. The number of nitrogens with zero attached hydrogens (tertiary/aromatic N) is 2. The number of hydrogen-bond acceptors (Lipinski definition) is 4. The van der Waals surface area contributed by atoms with Gasteiger partial charge in [-0.05, 0) is 74.3 Å². The topological polar surface area (TPSA) is 75.8 Å². The fourth-order valence-electron chi connectivity index (χ4n) is 2.33. The normalized spacial score (nSPS) is 10.9. The lowest BCUT2D eigenvalue weighted by molar-refractivity contribution is 0.0955. The van der Waals surface area contributed by atoms with E-state index in [2.05, 4.69) is 42.4 Å². The molecule has 0 saturated carbocycles. The van der Waals surface area contributed by atoms with E-state index >= 15 is 0 Å². The number of benzene rings is 2. The Hall–Kier alpha value is -2.58. The summed E-state index contributed by atoms with van der Waals surface area (Å²) in [5, 5.41) is 13.7. The van der Waals surface area contributed by atoms with Crippen molar-refractivity contribution in [3.8, 4) is 17.2 Å². The van der Waals surface area contributed by atoms with Gasteiger partial charge in [-0.15, -0.1) is 0 Å². The molecule has 3 rings (SSSR count). The summed E-state index contributed by atoms with van der Waals surface area (Å²) in [7, 11) is 1.63. The summed E-state index contributed by atoms with van der Waals surface area (Å²) < 4.78 is 7.93. The minimum atomic E-state index is -0.387. The fourth-order valence-corrected chi connectivity index (χ4v) is 3.52. The van der Waals surface area contributed by atoms with Crippen molar-refractivity contribution in [3.63, 3.8) is 0 Å². The summed E-state index contributed by atoms with van der Waals surface area (Å²) in [5.41, 5.74) is 4.64. The third kappa shape index (κ3) is 4.58. The molecule has 8 heteroatoms. The highest BCUT2D eigenvalue weighted by Gasteiger charge is 2.11. The summed E-state index contributed by atoms with van der Waals surface area (Å²) >= 11 is 6.39. The van der Waals surface area contributed by atoms with Gasteiger partial charge in [0.05, 0.1) is 22.3 Å². The first kappa shape index (κ1) is 19.2. The van der Waals surface area contributed by atoms with E-state index < -0.39 is 0 Å². The quantitative estimate of drug-likeness (QED) is 0.407. The van der Waals surface area contributed by atoms with E-state index in [1.54, 1.807) is 13.3 Å². The zero-order chi connectivity index (χ0) is 19.4. The second-order valence-corrected chi connectivity index (χ2v) is 7.25. The number of amides is 1. The molecule has 0 spiro atoms. The van der Waals surface area contributed by atoms with E-state index in [0.29, 0.717) is 14.5 Å². The van der Waals surface area contributed by atoms with Crippen molar-refractivity contribution in [2.75, 3.05) is 7.11 Å². The van der Waals surface area contributed by atoms with Crippen LogP contribution in [0.15, 0.2) is 68.9 Å². The lowest BCUT2D eigenvalue weighted by Gasteiger charge is -2.04. The van der Waals surface area contributed by atoms with Crippen LogP contribution in [0.4, 0.5) is 0 Å². The zero-order valence-corrected chi connectivity index (χ0v) is 17.4. The Morgan fingerprint density at radius 1 is 1.19 bits per heavy atom. The van der Waals surface area contributed by atoms with Gasteiger partial charge in [-0.1, -0.05) is 0 Å². The number of aromatic nitrogens is 1. The van der Waals surface area contributed by atoms with Gasteiger partial charge in [0, 0.05) is 29.2 Å². The monoisotopic (exact) mass is 491 g/mol. The van der Waals surface area contributed by atoms with Gasteiger partial charge in [0.25, 0.3) is 5.91 Å². The Balaban J connectivity index is 1.66. The molecule has 0 atom stereocenters. The number of methoxy groups -OCH3 is 1. The van der Waals surface area contributed by atoms with Crippen molar-refractivity contribution in [3.05, 3.63) is 74.9 Å². The Bertz CT molecular complexity index is 975. The molecule has 1 amide bonds. The SMILES string of the molecule is COc1ccc(-n2ccc(/C=N\NC(=O)c3cc(Br)c(O)c(Br)c3)c2)cc1. The molecule has 27 heavy (non-hydrogen) atoms. The second-order valence-electron chi connectivity index (χ2n) is 5.54. The molecule has 0 fully saturated rings. The van der Waals surface area contributed by atoms with Crippen LogP contribution in [0, 0.1) is 0 Å². The molecule has 2 N–H and O–H groups in total. The maximum atomic E-state index is 12.2. The van der Waals surface area contributed by atoms with Crippen LogP contribution < -0.4 is 10.2 Å². The van der Waals surface area contributed by atoms with Gasteiger partial charge < -0.3 is 14.4 Å². The molecule has 0 saturated heterocycles. The summed E-state index contributed by atoms with van der Waals surface area (Å²) in [6.07, 6.45) is 5.35. The van der Waals surface area contributed by atoms with Crippen molar-refractivity contribution >= 4 is 44.0 Å². The molecule has 0 aliphatic carbocycles. The molecule has 0 unspecified atom stereocenters. The van der Waals surface area contributed by atoms with Crippen LogP contribution >= 0.6 is 31.9 Å². The van der Waals surface area contributed by atoms with E-state index in [1.807, 2.05) is 47.3 Å². The summed E-state index contributed by atoms with van der Waals surface area (Å²) in [5.74, 6) is 0.445. The molecule has 0 radical (unpaired) electrons. The summed E-state index contributed by atoms with van der Waals surface area (Å²) in [6.45, 7) is 0. The fraction of sp³-hybridized carbons (Fsp3) is 0.0526. The Labute approximate surface area is 172 Å². The van der Waals surface area contributed by atoms with Gasteiger partial charge in [-0.3, -0.25) is 4.79 Å². The highest BCUT2D eigenvalue weighted by molar-refractivity contribution is 9.11. The van der Waals surface area contributed by atoms with Crippen molar-refractivity contribution in [1.82, 2.24) is 9.99 Å². The molecule has 1 aromatic heterocycles. The lowest BCUT2D eigenvalue weighted by atomic mass is 10.2. The molecular formula is C19H15Br2N3O3. The predicted molar refractivity (Wildman–Crippen MR) is 111 cm³/mol. The summed E-state index contributed by atoms with van der Waals surface area (Å²) in [4.78, 5) is 12.2. The number of hydrazone groups is 1. The maximum Gasteiger partial charge on any atom is 0.271 e. The number of ether oxygens (including phenoxy) is 1. The predicted octanol–water partition coefficient (Wildman–Crippen LogP) is 4.48. The van der Waals surface area contributed by atoms with Gasteiger partial charge in [-0.2, -0.15) is 5.10 Å². The van der Waals surface area contributed by atoms with E-state index in [4.69, 9.17) is 4.74 Å². The molecular weight excluding hydrogens is 478 g/mol. The lowest BCUT2D eigenvalue weighted by Crippen LogP contribution is -2.17. The van der Waals surface area contributed by atoms with Gasteiger partial charge in [0.1, 0.15) is 11.5 Å². The first-order valence-corrected chi connectivity index (χ1v) is 9.40. The van der Waals surface area contributed by atoms with Crippen LogP contribution in [0.25, 0.3) is 5.69 Å². The largest absolute Gasteiger partial charge is 0.506 e. The highest BCUT2D eigenvalue weighted by atomic mass is 79.9. The first-order chi connectivity index (χ1) is 13.0. The number of carbonyl (C=O) groups is 1. The van der Waals surface area contributed by atoms with Crippen molar-refractivity contribution in [2.45, 2.75) is 0 Å². The molecule has 0 aliphatic heterocycles. The molecule has 0 aliphatic rings. The molecule has 0 bridgehead atoms. The van der Waals surface area contributed by atoms with Crippen LogP contribution in [0.2, 0.25) is 0 Å². The average Bonchev–Trinajstić information content (AvgIpc) is 3.14. The number of carbonyl (C=O) groups excluding carboxylic acids is 1. The number of nitrogens with one attached hydrogen (secondary N) is 1. The number of phenols is 1. The van der Waals surface area contributed by atoms with E-state index in [-0.39, 0.29) is 11.7 Å². The van der Waals surface area contributed by atoms with Gasteiger partial charge >= 0.3 is 0 Å². The van der Waals surface area contributed by atoms with Gasteiger partial charge in [-0.25, -0.2) is 5.43 Å². The number of phenolic OH excluding ortho intramolecular Hbond substituents is 1. The second kappa shape index (κ2) is 8.41. The number of rotatable bonds is 5. The zero-order valence-electron chi connectivity index (χ0n) is 14.2. The highest BCUT2D eigenvalue weighted by Crippen LogP contribution is 2.33. The minimum absolute atomic E-state index is 0.0370. The maximum absolute atomic E-state index is 12.2. The number of halogens is 2. The third-order valence-corrected chi connectivity index (χ3v) is 4.95. The van der Waals surface area contributed by atoms with Crippen molar-refractivity contribution < 1.29 is 14.6 Å². The van der Waals surface area contributed by atoms with Crippen LogP contribution in [0.5, 0.6) is 11.5 Å². The smallest absolute Gasteiger partial charge is 0.271 e. The number of aromatic hydroxyl groups is 1. The van der Waals surface area contributed by atoms with Crippen LogP contribution in [0.1, 0.15) is 15.9 Å². The van der Waals surface area contributed by atoms with Crippen molar-refractivity contribution in [2.24, 2.45) is 5.10 Å². The minimum Gasteiger partial charge on any atom is -0.506 e. The molecule has 1 heterocycles. The molecule has 138 valence electrons. The Morgan fingerprint density at radius 3 is 2.48 bits per heavy atom. The standard InChI is InChI=1S/C19H15Br2N3O3/c1-27-15-4-2-14(3-5-15)24-7-6-12(11-24)10-22-23-19(26)13-8-16(20)18(25)17(21)9-13/h2-11,25H,1H3,(H,23,26)/b22-10-. The van der Waals surface area contributed by atoms with Crippen LogP contribution in [-0.4, -0.2) is 28.9 Å². The Morgan fingerprint density at radius 2 is 1.85 bits per heavy atom. The van der Waals surface area contributed by atoms with E-state index in [9.17, 15) is 9.90 Å². The van der Waals surface area contributed by atoms with Crippen LogP contribution in [0.3, 0.4) is 0 Å². The third-order valence-electron chi connectivity index (χ3n) is 3.75. The van der Waals surface area contributed by atoms with Gasteiger partial charge in [0.2, 0.25) is 0 Å². The van der Waals surface area contributed by atoms with Crippen LogP contribution in [-0.2, 0) is 0 Å². The van der Waals surface area contributed by atoms with Crippen molar-refractivity contribution in [1.29, 1.82) is 0 Å². The average molecular weight is 493 g/mol. The molecule has 2 aromatic carbocycles. The van der Waals surface area contributed by atoms with Gasteiger partial charge in [0.15, 0.2) is 0 Å².